The minimum atomic E-state index is -0.646. The third-order valence-electron chi connectivity index (χ3n) is 3.27. The SMILES string of the molecule is CN1CCC(NCC(O)COc2cccc(Br)c2)C1=O. The molecule has 110 valence electrons. The molecule has 1 aliphatic heterocycles. The van der Waals surface area contributed by atoms with Gasteiger partial charge in [0.25, 0.3) is 0 Å². The number of aliphatic hydroxyl groups excluding tert-OH is 1. The first-order valence-corrected chi connectivity index (χ1v) is 7.40. The average Bonchev–Trinajstić information content (AvgIpc) is 2.74. The third-order valence-corrected chi connectivity index (χ3v) is 3.76. The van der Waals surface area contributed by atoms with Gasteiger partial charge in [0.1, 0.15) is 18.5 Å². The normalized spacial score (nSPS) is 20.2. The zero-order valence-electron chi connectivity index (χ0n) is 11.4. The van der Waals surface area contributed by atoms with Crippen LogP contribution in [0.2, 0.25) is 0 Å². The highest BCUT2D eigenvalue weighted by molar-refractivity contribution is 9.10. The quantitative estimate of drug-likeness (QED) is 0.809. The standard InChI is InChI=1S/C14H19BrN2O3/c1-17-6-5-13(14(17)19)16-8-11(18)9-20-12-4-2-3-10(15)7-12/h2-4,7,11,13,16,18H,5-6,8-9H2,1H3. The van der Waals surface area contributed by atoms with Gasteiger partial charge in [0.2, 0.25) is 5.91 Å². The number of likely N-dealkylation sites (N-methyl/N-ethyl adjacent to an activating group) is 1. The zero-order valence-corrected chi connectivity index (χ0v) is 13.0. The first-order valence-electron chi connectivity index (χ1n) is 6.61. The van der Waals surface area contributed by atoms with Crippen molar-refractivity contribution in [2.75, 3.05) is 26.7 Å². The summed E-state index contributed by atoms with van der Waals surface area (Å²) in [6, 6.07) is 7.28. The lowest BCUT2D eigenvalue weighted by molar-refractivity contribution is -0.128. The molecule has 5 nitrogen and oxygen atoms in total. The van der Waals surface area contributed by atoms with Crippen LogP contribution in [0.4, 0.5) is 0 Å². The van der Waals surface area contributed by atoms with E-state index in [0.717, 1.165) is 17.4 Å². The zero-order chi connectivity index (χ0) is 14.5. The largest absolute Gasteiger partial charge is 0.491 e. The molecular weight excluding hydrogens is 324 g/mol. The molecule has 2 rings (SSSR count). The second kappa shape index (κ2) is 7.06. The molecule has 1 aromatic carbocycles. The molecule has 2 unspecified atom stereocenters. The van der Waals surface area contributed by atoms with Crippen LogP contribution in [-0.2, 0) is 4.79 Å². The molecule has 0 aromatic heterocycles. The number of likely N-dealkylation sites (tertiary alicyclic amines) is 1. The maximum Gasteiger partial charge on any atom is 0.239 e. The number of hydrogen-bond acceptors (Lipinski definition) is 4. The van der Waals surface area contributed by atoms with Gasteiger partial charge in [0.05, 0.1) is 6.04 Å². The summed E-state index contributed by atoms with van der Waals surface area (Å²) >= 11 is 3.36. The molecule has 2 N–H and O–H groups in total. The number of halogens is 1. The topological polar surface area (TPSA) is 61.8 Å². The molecule has 0 saturated carbocycles. The highest BCUT2D eigenvalue weighted by Crippen LogP contribution is 2.17. The fraction of sp³-hybridized carbons (Fsp3) is 0.500. The van der Waals surface area contributed by atoms with E-state index in [4.69, 9.17) is 4.74 Å². The number of amides is 1. The van der Waals surface area contributed by atoms with Gasteiger partial charge >= 0.3 is 0 Å². The Morgan fingerprint density at radius 1 is 1.60 bits per heavy atom. The van der Waals surface area contributed by atoms with Crippen LogP contribution in [0.15, 0.2) is 28.7 Å². The van der Waals surface area contributed by atoms with E-state index in [9.17, 15) is 9.90 Å². The lowest BCUT2D eigenvalue weighted by Crippen LogP contribution is -2.42. The molecule has 0 aliphatic carbocycles. The summed E-state index contributed by atoms with van der Waals surface area (Å²) in [7, 11) is 1.79. The number of hydrogen-bond donors (Lipinski definition) is 2. The molecule has 1 heterocycles. The molecule has 1 amide bonds. The maximum atomic E-state index is 11.7. The molecule has 1 saturated heterocycles. The van der Waals surface area contributed by atoms with E-state index in [-0.39, 0.29) is 18.6 Å². The fourth-order valence-electron chi connectivity index (χ4n) is 2.10. The molecule has 0 bridgehead atoms. The van der Waals surface area contributed by atoms with E-state index >= 15 is 0 Å². The predicted octanol–water partition coefficient (Wildman–Crippen LogP) is 1.01. The van der Waals surface area contributed by atoms with Crippen molar-refractivity contribution < 1.29 is 14.6 Å². The van der Waals surface area contributed by atoms with Gasteiger partial charge in [-0.25, -0.2) is 0 Å². The van der Waals surface area contributed by atoms with Crippen molar-refractivity contribution in [3.8, 4) is 5.75 Å². The van der Waals surface area contributed by atoms with Crippen molar-refractivity contribution in [2.45, 2.75) is 18.6 Å². The summed E-state index contributed by atoms with van der Waals surface area (Å²) in [5, 5.41) is 12.9. The molecule has 1 aliphatic rings. The summed E-state index contributed by atoms with van der Waals surface area (Å²) in [5.74, 6) is 0.792. The summed E-state index contributed by atoms with van der Waals surface area (Å²) in [6.45, 7) is 1.31. The second-order valence-corrected chi connectivity index (χ2v) is 5.85. The number of carbonyl (C=O) groups excluding carboxylic acids is 1. The Kier molecular flexibility index (Phi) is 5.39. The Morgan fingerprint density at radius 3 is 3.05 bits per heavy atom. The molecule has 20 heavy (non-hydrogen) atoms. The lowest BCUT2D eigenvalue weighted by atomic mass is 10.2. The summed E-state index contributed by atoms with van der Waals surface area (Å²) in [6.07, 6.45) is 0.141. The smallest absolute Gasteiger partial charge is 0.239 e. The Morgan fingerprint density at radius 2 is 2.40 bits per heavy atom. The van der Waals surface area contributed by atoms with E-state index in [1.54, 1.807) is 11.9 Å². The number of nitrogens with one attached hydrogen (secondary N) is 1. The second-order valence-electron chi connectivity index (χ2n) is 4.93. The van der Waals surface area contributed by atoms with Crippen molar-refractivity contribution in [1.82, 2.24) is 10.2 Å². The summed E-state index contributed by atoms with van der Waals surface area (Å²) < 4.78 is 6.43. The van der Waals surface area contributed by atoms with E-state index < -0.39 is 6.10 Å². The Balaban J connectivity index is 1.70. The highest BCUT2D eigenvalue weighted by Gasteiger charge is 2.28. The van der Waals surface area contributed by atoms with Crippen LogP contribution < -0.4 is 10.1 Å². The van der Waals surface area contributed by atoms with Crippen molar-refractivity contribution in [1.29, 1.82) is 0 Å². The molecule has 1 fully saturated rings. The van der Waals surface area contributed by atoms with Gasteiger partial charge in [-0.3, -0.25) is 4.79 Å². The van der Waals surface area contributed by atoms with E-state index in [1.807, 2.05) is 24.3 Å². The van der Waals surface area contributed by atoms with Crippen molar-refractivity contribution in [3.05, 3.63) is 28.7 Å². The monoisotopic (exact) mass is 342 g/mol. The van der Waals surface area contributed by atoms with Gasteiger partial charge in [0, 0.05) is 24.6 Å². The van der Waals surface area contributed by atoms with E-state index in [2.05, 4.69) is 21.2 Å². The number of ether oxygens (including phenoxy) is 1. The molecule has 0 spiro atoms. The minimum Gasteiger partial charge on any atom is -0.491 e. The highest BCUT2D eigenvalue weighted by atomic mass is 79.9. The van der Waals surface area contributed by atoms with Crippen LogP contribution in [0, 0.1) is 0 Å². The van der Waals surface area contributed by atoms with Crippen LogP contribution >= 0.6 is 15.9 Å². The van der Waals surface area contributed by atoms with E-state index in [0.29, 0.717) is 12.3 Å². The van der Waals surface area contributed by atoms with Crippen molar-refractivity contribution >= 4 is 21.8 Å². The summed E-state index contributed by atoms with van der Waals surface area (Å²) in [4.78, 5) is 13.4. The molecule has 0 radical (unpaired) electrons. The third kappa shape index (κ3) is 4.19. The molecule has 2 atom stereocenters. The van der Waals surface area contributed by atoms with Crippen molar-refractivity contribution in [2.24, 2.45) is 0 Å². The number of benzene rings is 1. The van der Waals surface area contributed by atoms with Crippen LogP contribution in [0.25, 0.3) is 0 Å². The molecule has 1 aromatic rings. The Labute approximate surface area is 127 Å². The first-order chi connectivity index (χ1) is 9.56. The number of aliphatic hydroxyl groups is 1. The predicted molar refractivity (Wildman–Crippen MR) is 79.7 cm³/mol. The first kappa shape index (κ1) is 15.3. The van der Waals surface area contributed by atoms with Gasteiger partial charge in [-0.05, 0) is 24.6 Å². The number of carbonyl (C=O) groups is 1. The van der Waals surface area contributed by atoms with Gasteiger partial charge in [-0.15, -0.1) is 0 Å². The lowest BCUT2D eigenvalue weighted by Gasteiger charge is -2.16. The maximum absolute atomic E-state index is 11.7. The van der Waals surface area contributed by atoms with Gasteiger partial charge < -0.3 is 20.1 Å². The Bertz CT molecular complexity index is 469. The van der Waals surface area contributed by atoms with Crippen molar-refractivity contribution in [3.63, 3.8) is 0 Å². The van der Waals surface area contributed by atoms with Crippen LogP contribution in [0.1, 0.15) is 6.42 Å². The van der Waals surface area contributed by atoms with Crippen LogP contribution in [0.3, 0.4) is 0 Å². The fourth-order valence-corrected chi connectivity index (χ4v) is 2.48. The van der Waals surface area contributed by atoms with E-state index in [1.165, 1.54) is 0 Å². The van der Waals surface area contributed by atoms with Crippen LogP contribution in [-0.4, -0.2) is 54.8 Å². The number of nitrogens with zero attached hydrogens (tertiary/aromatic N) is 1. The minimum absolute atomic E-state index is 0.0881. The van der Waals surface area contributed by atoms with Gasteiger partial charge in [-0.1, -0.05) is 22.0 Å². The number of rotatable bonds is 6. The van der Waals surface area contributed by atoms with Crippen LogP contribution in [0.5, 0.6) is 5.75 Å². The molecular formula is C14H19BrN2O3. The molecule has 6 heteroatoms. The van der Waals surface area contributed by atoms with Gasteiger partial charge in [0.15, 0.2) is 0 Å². The average molecular weight is 343 g/mol. The summed E-state index contributed by atoms with van der Waals surface area (Å²) in [5.41, 5.74) is 0. The van der Waals surface area contributed by atoms with Gasteiger partial charge in [-0.2, -0.15) is 0 Å². The Hall–Kier alpha value is -1.11.